The third kappa shape index (κ3) is 2.85. The van der Waals surface area contributed by atoms with Gasteiger partial charge in [0.2, 0.25) is 0 Å². The SMILES string of the molecule is CC(NC(=O)c1coc2ccccc12)c1cccc(Br)c1. The van der Waals surface area contributed by atoms with Crippen molar-refractivity contribution in [2.45, 2.75) is 13.0 Å². The minimum atomic E-state index is -0.132. The van der Waals surface area contributed by atoms with E-state index in [0.29, 0.717) is 5.56 Å². The maximum atomic E-state index is 12.4. The molecule has 0 fully saturated rings. The van der Waals surface area contributed by atoms with E-state index in [4.69, 9.17) is 4.42 Å². The number of benzene rings is 2. The van der Waals surface area contributed by atoms with Crippen molar-refractivity contribution in [3.05, 3.63) is 70.4 Å². The highest BCUT2D eigenvalue weighted by Gasteiger charge is 2.16. The highest BCUT2D eigenvalue weighted by atomic mass is 79.9. The first kappa shape index (κ1) is 13.9. The first-order valence-corrected chi connectivity index (χ1v) is 7.47. The molecule has 0 radical (unpaired) electrons. The Morgan fingerprint density at radius 3 is 2.81 bits per heavy atom. The van der Waals surface area contributed by atoms with E-state index in [1.54, 1.807) is 0 Å². The molecule has 0 bridgehead atoms. The van der Waals surface area contributed by atoms with Crippen LogP contribution in [-0.2, 0) is 0 Å². The average molecular weight is 344 g/mol. The minimum Gasteiger partial charge on any atom is -0.463 e. The summed E-state index contributed by atoms with van der Waals surface area (Å²) in [6.07, 6.45) is 1.51. The summed E-state index contributed by atoms with van der Waals surface area (Å²) >= 11 is 3.44. The number of hydrogen-bond donors (Lipinski definition) is 1. The molecule has 0 spiro atoms. The Bertz CT molecular complexity index is 794. The molecular formula is C17H14BrNO2. The van der Waals surface area contributed by atoms with Gasteiger partial charge in [0.05, 0.1) is 11.6 Å². The summed E-state index contributed by atoms with van der Waals surface area (Å²) in [4.78, 5) is 12.4. The molecule has 4 heteroatoms. The summed E-state index contributed by atoms with van der Waals surface area (Å²) in [5.74, 6) is -0.132. The maximum absolute atomic E-state index is 12.4. The van der Waals surface area contributed by atoms with Crippen molar-refractivity contribution in [3.63, 3.8) is 0 Å². The summed E-state index contributed by atoms with van der Waals surface area (Å²) < 4.78 is 6.40. The fourth-order valence-electron chi connectivity index (χ4n) is 2.29. The highest BCUT2D eigenvalue weighted by molar-refractivity contribution is 9.10. The van der Waals surface area contributed by atoms with Crippen LogP contribution in [0.25, 0.3) is 11.0 Å². The largest absolute Gasteiger partial charge is 0.463 e. The third-order valence-corrected chi connectivity index (χ3v) is 3.92. The number of carbonyl (C=O) groups is 1. The fraction of sp³-hybridized carbons (Fsp3) is 0.118. The van der Waals surface area contributed by atoms with E-state index in [1.807, 2.05) is 55.5 Å². The number of furan rings is 1. The Kier molecular flexibility index (Phi) is 3.80. The number of amides is 1. The van der Waals surface area contributed by atoms with Crippen molar-refractivity contribution in [1.29, 1.82) is 0 Å². The van der Waals surface area contributed by atoms with Crippen LogP contribution >= 0.6 is 15.9 Å². The number of nitrogens with one attached hydrogen (secondary N) is 1. The number of carbonyl (C=O) groups excluding carboxylic acids is 1. The van der Waals surface area contributed by atoms with Crippen molar-refractivity contribution in [1.82, 2.24) is 5.32 Å². The smallest absolute Gasteiger partial charge is 0.255 e. The molecule has 1 amide bonds. The van der Waals surface area contributed by atoms with E-state index in [1.165, 1.54) is 6.26 Å². The molecule has 1 N–H and O–H groups in total. The van der Waals surface area contributed by atoms with Gasteiger partial charge in [-0.05, 0) is 30.7 Å². The first-order chi connectivity index (χ1) is 10.1. The molecule has 0 saturated carbocycles. The van der Waals surface area contributed by atoms with Crippen LogP contribution in [-0.4, -0.2) is 5.91 Å². The van der Waals surface area contributed by atoms with Crippen LogP contribution in [0.3, 0.4) is 0 Å². The molecule has 3 nitrogen and oxygen atoms in total. The third-order valence-electron chi connectivity index (χ3n) is 3.42. The molecule has 1 atom stereocenters. The number of para-hydroxylation sites is 1. The lowest BCUT2D eigenvalue weighted by Crippen LogP contribution is -2.26. The molecule has 21 heavy (non-hydrogen) atoms. The Balaban J connectivity index is 1.83. The van der Waals surface area contributed by atoms with Gasteiger partial charge < -0.3 is 9.73 Å². The van der Waals surface area contributed by atoms with Gasteiger partial charge >= 0.3 is 0 Å². The lowest BCUT2D eigenvalue weighted by atomic mass is 10.1. The Morgan fingerprint density at radius 2 is 2.00 bits per heavy atom. The zero-order valence-corrected chi connectivity index (χ0v) is 13.1. The normalized spacial score (nSPS) is 12.3. The molecule has 3 rings (SSSR count). The minimum absolute atomic E-state index is 0.0799. The predicted molar refractivity (Wildman–Crippen MR) is 86.2 cm³/mol. The zero-order chi connectivity index (χ0) is 14.8. The molecule has 0 aliphatic carbocycles. The summed E-state index contributed by atoms with van der Waals surface area (Å²) in [5, 5.41) is 3.83. The summed E-state index contributed by atoms with van der Waals surface area (Å²) in [7, 11) is 0. The topological polar surface area (TPSA) is 42.2 Å². The van der Waals surface area contributed by atoms with E-state index in [0.717, 1.165) is 21.0 Å². The second-order valence-electron chi connectivity index (χ2n) is 4.90. The van der Waals surface area contributed by atoms with Crippen LogP contribution in [0.4, 0.5) is 0 Å². The monoisotopic (exact) mass is 343 g/mol. The van der Waals surface area contributed by atoms with Gasteiger partial charge in [-0.25, -0.2) is 0 Å². The van der Waals surface area contributed by atoms with E-state index in [-0.39, 0.29) is 11.9 Å². The van der Waals surface area contributed by atoms with Crippen LogP contribution in [0.15, 0.2) is 63.7 Å². The van der Waals surface area contributed by atoms with Gasteiger partial charge in [0.1, 0.15) is 11.8 Å². The molecule has 1 aromatic heterocycles. The van der Waals surface area contributed by atoms with E-state index in [9.17, 15) is 4.79 Å². The molecule has 1 heterocycles. The van der Waals surface area contributed by atoms with Gasteiger partial charge in [0.15, 0.2) is 0 Å². The van der Waals surface area contributed by atoms with Crippen molar-refractivity contribution >= 4 is 32.8 Å². The van der Waals surface area contributed by atoms with E-state index < -0.39 is 0 Å². The van der Waals surface area contributed by atoms with Gasteiger partial charge in [-0.15, -0.1) is 0 Å². The molecule has 2 aromatic carbocycles. The quantitative estimate of drug-likeness (QED) is 0.749. The first-order valence-electron chi connectivity index (χ1n) is 6.68. The Labute approximate surface area is 131 Å². The number of rotatable bonds is 3. The number of hydrogen-bond acceptors (Lipinski definition) is 2. The van der Waals surface area contributed by atoms with Crippen molar-refractivity contribution < 1.29 is 9.21 Å². The Morgan fingerprint density at radius 1 is 1.19 bits per heavy atom. The van der Waals surface area contributed by atoms with E-state index in [2.05, 4.69) is 21.2 Å². The van der Waals surface area contributed by atoms with Gasteiger partial charge in [0.25, 0.3) is 5.91 Å². The van der Waals surface area contributed by atoms with E-state index >= 15 is 0 Å². The molecular weight excluding hydrogens is 330 g/mol. The van der Waals surface area contributed by atoms with Crippen molar-refractivity contribution in [2.75, 3.05) is 0 Å². The molecule has 106 valence electrons. The molecule has 3 aromatic rings. The van der Waals surface area contributed by atoms with Crippen LogP contribution in [0.5, 0.6) is 0 Å². The fourth-order valence-corrected chi connectivity index (χ4v) is 2.70. The highest BCUT2D eigenvalue weighted by Crippen LogP contribution is 2.22. The lowest BCUT2D eigenvalue weighted by molar-refractivity contribution is 0.0940. The second kappa shape index (κ2) is 5.74. The molecule has 1 unspecified atom stereocenters. The average Bonchev–Trinajstić information content (AvgIpc) is 2.91. The van der Waals surface area contributed by atoms with Crippen LogP contribution in [0, 0.1) is 0 Å². The van der Waals surface area contributed by atoms with Crippen LogP contribution < -0.4 is 5.32 Å². The van der Waals surface area contributed by atoms with Gasteiger partial charge in [-0.1, -0.05) is 46.3 Å². The van der Waals surface area contributed by atoms with Crippen molar-refractivity contribution in [3.8, 4) is 0 Å². The summed E-state index contributed by atoms with van der Waals surface area (Å²) in [6, 6.07) is 15.3. The predicted octanol–water partition coefficient (Wildman–Crippen LogP) is 4.69. The van der Waals surface area contributed by atoms with Crippen LogP contribution in [0.1, 0.15) is 28.9 Å². The molecule has 0 saturated heterocycles. The zero-order valence-electron chi connectivity index (χ0n) is 11.5. The second-order valence-corrected chi connectivity index (χ2v) is 5.81. The maximum Gasteiger partial charge on any atom is 0.255 e. The van der Waals surface area contributed by atoms with Gasteiger partial charge in [-0.2, -0.15) is 0 Å². The lowest BCUT2D eigenvalue weighted by Gasteiger charge is -2.14. The van der Waals surface area contributed by atoms with Crippen molar-refractivity contribution in [2.24, 2.45) is 0 Å². The standard InChI is InChI=1S/C17H14BrNO2/c1-11(12-5-4-6-13(18)9-12)19-17(20)15-10-21-16-8-3-2-7-14(15)16/h2-11H,1H3,(H,19,20). The number of fused-ring (bicyclic) bond motifs is 1. The van der Waals surface area contributed by atoms with Crippen LogP contribution in [0.2, 0.25) is 0 Å². The Hall–Kier alpha value is -2.07. The van der Waals surface area contributed by atoms with Gasteiger partial charge in [-0.3, -0.25) is 4.79 Å². The van der Waals surface area contributed by atoms with Gasteiger partial charge in [0, 0.05) is 9.86 Å². The summed E-state index contributed by atoms with van der Waals surface area (Å²) in [5.41, 5.74) is 2.33. The number of halogens is 1. The molecule has 0 aliphatic rings. The summed E-state index contributed by atoms with van der Waals surface area (Å²) in [6.45, 7) is 1.96. The molecule has 0 aliphatic heterocycles.